The highest BCUT2D eigenvalue weighted by Crippen LogP contribution is 2.42. The molecule has 2 N–H and O–H groups in total. The van der Waals surface area contributed by atoms with Gasteiger partial charge in [-0.1, -0.05) is 30.3 Å². The van der Waals surface area contributed by atoms with E-state index in [0.29, 0.717) is 0 Å². The van der Waals surface area contributed by atoms with Gasteiger partial charge in [-0.2, -0.15) is 0 Å². The summed E-state index contributed by atoms with van der Waals surface area (Å²) in [5.41, 5.74) is 0.417. The molecule has 4 amide bonds. The van der Waals surface area contributed by atoms with Crippen molar-refractivity contribution in [3.8, 4) is 0 Å². The lowest BCUT2D eigenvalue weighted by atomic mass is 9.96. The Kier molecular flexibility index (Phi) is 4.63. The number of carbonyl (C=O) groups is 3. The van der Waals surface area contributed by atoms with E-state index in [1.165, 1.54) is 5.56 Å². The Hall–Kier alpha value is -2.41. The lowest BCUT2D eigenvalue weighted by Gasteiger charge is -2.21. The second kappa shape index (κ2) is 6.96. The van der Waals surface area contributed by atoms with Crippen LogP contribution in [0.4, 0.5) is 4.79 Å². The van der Waals surface area contributed by atoms with E-state index in [0.717, 1.165) is 43.8 Å². The largest absolute Gasteiger partial charge is 0.350 e. The quantitative estimate of drug-likeness (QED) is 0.735. The van der Waals surface area contributed by atoms with Crippen molar-refractivity contribution >= 4 is 17.8 Å². The number of benzene rings is 1. The summed E-state index contributed by atoms with van der Waals surface area (Å²) in [6, 6.07) is 9.84. The zero-order valence-electron chi connectivity index (χ0n) is 15.6. The molecule has 0 spiro atoms. The zero-order valence-corrected chi connectivity index (χ0v) is 15.6. The van der Waals surface area contributed by atoms with Crippen LogP contribution in [0.5, 0.6) is 0 Å². The van der Waals surface area contributed by atoms with Crippen LogP contribution >= 0.6 is 0 Å². The molecule has 27 heavy (non-hydrogen) atoms. The fraction of sp³-hybridized carbons (Fsp3) is 0.550. The van der Waals surface area contributed by atoms with Crippen LogP contribution in [0.2, 0.25) is 0 Å². The maximum Gasteiger partial charge on any atom is 0.325 e. The van der Waals surface area contributed by atoms with Gasteiger partial charge in [0.05, 0.1) is 0 Å². The smallest absolute Gasteiger partial charge is 0.325 e. The highest BCUT2D eigenvalue weighted by molar-refractivity contribution is 6.09. The van der Waals surface area contributed by atoms with Crippen LogP contribution in [0.3, 0.4) is 0 Å². The van der Waals surface area contributed by atoms with Gasteiger partial charge in [0.15, 0.2) is 0 Å². The van der Waals surface area contributed by atoms with Crippen molar-refractivity contribution in [1.82, 2.24) is 20.4 Å². The number of urea groups is 1. The minimum absolute atomic E-state index is 0.0526. The Morgan fingerprint density at radius 1 is 1.22 bits per heavy atom. The molecule has 2 saturated heterocycles. The first-order valence-corrected chi connectivity index (χ1v) is 9.65. The fourth-order valence-corrected chi connectivity index (χ4v) is 4.15. The second-order valence-electron chi connectivity index (χ2n) is 8.07. The summed E-state index contributed by atoms with van der Waals surface area (Å²) in [4.78, 5) is 40.5. The topological polar surface area (TPSA) is 81.8 Å². The van der Waals surface area contributed by atoms with Crippen LogP contribution in [-0.2, 0) is 16.1 Å². The molecule has 2 heterocycles. The molecular weight excluding hydrogens is 344 g/mol. The molecule has 144 valence electrons. The maximum absolute atomic E-state index is 12.6. The van der Waals surface area contributed by atoms with Crippen LogP contribution in [0.1, 0.15) is 31.7 Å². The Labute approximate surface area is 159 Å². The maximum atomic E-state index is 12.6. The fourth-order valence-electron chi connectivity index (χ4n) is 4.15. The highest BCUT2D eigenvalue weighted by Gasteiger charge is 2.56. The Morgan fingerprint density at radius 3 is 2.67 bits per heavy atom. The number of nitrogens with zero attached hydrogens (tertiary/aromatic N) is 2. The average Bonchev–Trinajstić information content (AvgIpc) is 3.38. The van der Waals surface area contributed by atoms with Gasteiger partial charge in [0.2, 0.25) is 5.91 Å². The standard InChI is InChI=1S/C20H26N4O3/c1-20(15-7-8-15)18(26)24(19(27)22-20)13-17(25)21-16-9-10-23(12-16)11-14-5-3-2-4-6-14/h2-6,15-16H,7-13H2,1H3,(H,21,25)(H,22,27)/t16-,20+/m0/s1. The molecule has 1 aromatic rings. The summed E-state index contributed by atoms with van der Waals surface area (Å²) in [5, 5.41) is 5.75. The first kappa shape index (κ1) is 18.0. The first-order chi connectivity index (χ1) is 13.0. The van der Waals surface area contributed by atoms with Crippen molar-refractivity contribution in [2.24, 2.45) is 5.92 Å². The van der Waals surface area contributed by atoms with Crippen molar-refractivity contribution in [2.45, 2.75) is 44.3 Å². The minimum Gasteiger partial charge on any atom is -0.350 e. The molecule has 3 fully saturated rings. The number of likely N-dealkylation sites (tertiary alicyclic amines) is 1. The molecule has 4 rings (SSSR count). The predicted molar refractivity (Wildman–Crippen MR) is 99.6 cm³/mol. The van der Waals surface area contributed by atoms with E-state index in [9.17, 15) is 14.4 Å². The van der Waals surface area contributed by atoms with E-state index in [2.05, 4.69) is 27.7 Å². The predicted octanol–water partition coefficient (Wildman–Crippen LogP) is 1.10. The minimum atomic E-state index is -0.836. The number of imide groups is 1. The van der Waals surface area contributed by atoms with Crippen LogP contribution in [0, 0.1) is 5.92 Å². The average molecular weight is 370 g/mol. The molecule has 0 aromatic heterocycles. The van der Waals surface area contributed by atoms with Gasteiger partial charge in [-0.15, -0.1) is 0 Å². The number of rotatable bonds is 6. The highest BCUT2D eigenvalue weighted by atomic mass is 16.2. The first-order valence-electron chi connectivity index (χ1n) is 9.65. The van der Waals surface area contributed by atoms with E-state index in [4.69, 9.17) is 0 Å². The van der Waals surface area contributed by atoms with Gasteiger partial charge in [0, 0.05) is 25.7 Å². The summed E-state index contributed by atoms with van der Waals surface area (Å²) < 4.78 is 0. The van der Waals surface area contributed by atoms with Crippen molar-refractivity contribution < 1.29 is 14.4 Å². The molecule has 7 heteroatoms. The monoisotopic (exact) mass is 370 g/mol. The molecule has 7 nitrogen and oxygen atoms in total. The summed E-state index contributed by atoms with van der Waals surface area (Å²) in [6.07, 6.45) is 2.77. The van der Waals surface area contributed by atoms with Crippen LogP contribution in [0.15, 0.2) is 30.3 Å². The SMILES string of the molecule is C[C@]1(C2CC2)NC(=O)N(CC(=O)N[C@H]2CCN(Cc3ccccc3)C2)C1=O. The van der Waals surface area contributed by atoms with Gasteiger partial charge in [-0.25, -0.2) is 4.79 Å². The second-order valence-corrected chi connectivity index (χ2v) is 8.07. The summed E-state index contributed by atoms with van der Waals surface area (Å²) in [7, 11) is 0. The van der Waals surface area contributed by atoms with Crippen molar-refractivity contribution in [2.75, 3.05) is 19.6 Å². The number of hydrogen-bond donors (Lipinski definition) is 2. The van der Waals surface area contributed by atoms with Gasteiger partial charge >= 0.3 is 6.03 Å². The zero-order chi connectivity index (χ0) is 19.0. The summed E-state index contributed by atoms with van der Waals surface area (Å²) >= 11 is 0. The molecule has 0 radical (unpaired) electrons. The molecule has 2 atom stereocenters. The van der Waals surface area contributed by atoms with Gasteiger partial charge in [-0.05, 0) is 37.7 Å². The van der Waals surface area contributed by atoms with Crippen LogP contribution < -0.4 is 10.6 Å². The summed E-state index contributed by atoms with van der Waals surface area (Å²) in [6.45, 7) is 4.12. The van der Waals surface area contributed by atoms with Crippen molar-refractivity contribution in [3.05, 3.63) is 35.9 Å². The van der Waals surface area contributed by atoms with Crippen LogP contribution in [-0.4, -0.2) is 58.9 Å². The molecule has 1 aliphatic carbocycles. The third-order valence-electron chi connectivity index (χ3n) is 5.88. The van der Waals surface area contributed by atoms with Crippen molar-refractivity contribution in [3.63, 3.8) is 0 Å². The number of nitrogens with one attached hydrogen (secondary N) is 2. The third kappa shape index (κ3) is 3.69. The molecular formula is C20H26N4O3. The van der Waals surface area contributed by atoms with Gasteiger partial charge < -0.3 is 10.6 Å². The Bertz CT molecular complexity index is 749. The van der Waals surface area contributed by atoms with E-state index in [1.807, 2.05) is 18.2 Å². The molecule has 0 unspecified atom stereocenters. The Balaban J connectivity index is 1.27. The molecule has 2 aliphatic heterocycles. The van der Waals surface area contributed by atoms with E-state index < -0.39 is 11.6 Å². The van der Waals surface area contributed by atoms with E-state index in [-0.39, 0.29) is 30.3 Å². The number of hydrogen-bond acceptors (Lipinski definition) is 4. The van der Waals surface area contributed by atoms with Crippen LogP contribution in [0.25, 0.3) is 0 Å². The summed E-state index contributed by atoms with van der Waals surface area (Å²) in [5.74, 6) is -0.351. The third-order valence-corrected chi connectivity index (χ3v) is 5.88. The molecule has 1 saturated carbocycles. The Morgan fingerprint density at radius 2 is 1.96 bits per heavy atom. The van der Waals surface area contributed by atoms with E-state index in [1.54, 1.807) is 6.92 Å². The lowest BCUT2D eigenvalue weighted by molar-refractivity contribution is -0.135. The molecule has 1 aromatic carbocycles. The molecule has 0 bridgehead atoms. The number of carbonyl (C=O) groups excluding carboxylic acids is 3. The van der Waals surface area contributed by atoms with Gasteiger partial charge in [-0.3, -0.25) is 19.4 Å². The van der Waals surface area contributed by atoms with Crippen molar-refractivity contribution in [1.29, 1.82) is 0 Å². The number of amides is 4. The molecule has 3 aliphatic rings. The van der Waals surface area contributed by atoms with Gasteiger partial charge in [0.25, 0.3) is 5.91 Å². The van der Waals surface area contributed by atoms with E-state index >= 15 is 0 Å². The van der Waals surface area contributed by atoms with Gasteiger partial charge in [0.1, 0.15) is 12.1 Å². The normalized spacial score (nSPS) is 28.5. The lowest BCUT2D eigenvalue weighted by Crippen LogP contribution is -2.48.